The van der Waals surface area contributed by atoms with E-state index in [9.17, 15) is 4.79 Å². The van der Waals surface area contributed by atoms with Crippen molar-refractivity contribution >= 4 is 11.6 Å². The average molecular weight is 281 g/mol. The van der Waals surface area contributed by atoms with Crippen LogP contribution in [-0.2, 0) is 11.2 Å². The molecule has 0 aliphatic carbocycles. The Labute approximate surface area is 127 Å². The summed E-state index contributed by atoms with van der Waals surface area (Å²) in [5, 5.41) is 0. The van der Waals surface area contributed by atoms with E-state index in [0.29, 0.717) is 13.0 Å². The van der Waals surface area contributed by atoms with Crippen molar-refractivity contribution in [3.05, 3.63) is 64.7 Å². The predicted molar refractivity (Wildman–Crippen MR) is 88.8 cm³/mol. The lowest BCUT2D eigenvalue weighted by atomic mass is 10.1. The van der Waals surface area contributed by atoms with Crippen LogP contribution >= 0.6 is 0 Å². The maximum atomic E-state index is 12.6. The first-order valence-corrected chi connectivity index (χ1v) is 7.44. The fourth-order valence-electron chi connectivity index (χ4n) is 2.59. The van der Waals surface area contributed by atoms with E-state index >= 15 is 0 Å². The minimum atomic E-state index is 0.145. The van der Waals surface area contributed by atoms with Gasteiger partial charge in [-0.05, 0) is 56.5 Å². The molecular formula is C19H23NO. The zero-order valence-electron chi connectivity index (χ0n) is 13.3. The van der Waals surface area contributed by atoms with Gasteiger partial charge in [0.15, 0.2) is 0 Å². The third kappa shape index (κ3) is 3.94. The molecular weight excluding hydrogens is 258 g/mol. The number of anilines is 1. The highest BCUT2D eigenvalue weighted by atomic mass is 16.2. The molecule has 2 heteroatoms. The molecule has 0 radical (unpaired) electrons. The molecule has 0 aliphatic heterocycles. The zero-order valence-corrected chi connectivity index (χ0v) is 13.3. The van der Waals surface area contributed by atoms with Gasteiger partial charge in [0.1, 0.15) is 0 Å². The Hall–Kier alpha value is -2.09. The Morgan fingerprint density at radius 2 is 1.48 bits per heavy atom. The van der Waals surface area contributed by atoms with Crippen LogP contribution in [-0.4, -0.2) is 12.5 Å². The van der Waals surface area contributed by atoms with E-state index in [-0.39, 0.29) is 5.91 Å². The van der Waals surface area contributed by atoms with E-state index in [1.807, 2.05) is 24.0 Å². The molecule has 1 amide bonds. The van der Waals surface area contributed by atoms with Crippen LogP contribution in [0.15, 0.2) is 42.5 Å². The fraction of sp³-hybridized carbons (Fsp3) is 0.316. The van der Waals surface area contributed by atoms with Crippen LogP contribution in [0.2, 0.25) is 0 Å². The van der Waals surface area contributed by atoms with Crippen molar-refractivity contribution in [2.45, 2.75) is 34.1 Å². The maximum Gasteiger partial charge on any atom is 0.231 e. The number of nitrogens with zero attached hydrogens (tertiary/aromatic N) is 1. The monoisotopic (exact) mass is 281 g/mol. The third-order valence-electron chi connectivity index (χ3n) is 3.61. The first-order valence-electron chi connectivity index (χ1n) is 7.44. The van der Waals surface area contributed by atoms with Crippen LogP contribution in [0.3, 0.4) is 0 Å². The molecule has 0 unspecified atom stereocenters. The van der Waals surface area contributed by atoms with Gasteiger partial charge in [0.25, 0.3) is 0 Å². The summed E-state index contributed by atoms with van der Waals surface area (Å²) in [7, 11) is 0. The van der Waals surface area contributed by atoms with Crippen LogP contribution < -0.4 is 4.90 Å². The van der Waals surface area contributed by atoms with Gasteiger partial charge in [-0.1, -0.05) is 35.9 Å². The molecule has 2 aromatic rings. The van der Waals surface area contributed by atoms with Gasteiger partial charge in [-0.15, -0.1) is 0 Å². The van der Waals surface area contributed by atoms with E-state index < -0.39 is 0 Å². The van der Waals surface area contributed by atoms with Crippen LogP contribution in [0, 0.1) is 20.8 Å². The van der Waals surface area contributed by atoms with Crippen molar-refractivity contribution < 1.29 is 4.79 Å². The maximum absolute atomic E-state index is 12.6. The summed E-state index contributed by atoms with van der Waals surface area (Å²) in [6.45, 7) is 8.89. The van der Waals surface area contributed by atoms with Crippen LogP contribution in [0.5, 0.6) is 0 Å². The average Bonchev–Trinajstić information content (AvgIpc) is 2.41. The number of hydrogen-bond donors (Lipinski definition) is 0. The van der Waals surface area contributed by atoms with Crippen molar-refractivity contribution in [3.63, 3.8) is 0 Å². The largest absolute Gasteiger partial charge is 0.312 e. The van der Waals surface area contributed by atoms with Crippen molar-refractivity contribution in [1.82, 2.24) is 0 Å². The normalized spacial score (nSPS) is 10.5. The molecule has 0 aromatic heterocycles. The molecule has 0 aliphatic rings. The summed E-state index contributed by atoms with van der Waals surface area (Å²) in [4.78, 5) is 14.4. The second-order valence-electron chi connectivity index (χ2n) is 5.65. The summed E-state index contributed by atoms with van der Waals surface area (Å²) in [6, 6.07) is 14.4. The Balaban J connectivity index is 2.20. The molecule has 0 bridgehead atoms. The number of carbonyl (C=O) groups excluding carboxylic acids is 1. The highest BCUT2D eigenvalue weighted by Crippen LogP contribution is 2.20. The number of likely N-dealkylation sites (N-methyl/N-ethyl adjacent to an activating group) is 1. The van der Waals surface area contributed by atoms with Gasteiger partial charge >= 0.3 is 0 Å². The van der Waals surface area contributed by atoms with Crippen LogP contribution in [0.1, 0.15) is 29.2 Å². The topological polar surface area (TPSA) is 20.3 Å². The number of amides is 1. The molecule has 2 nitrogen and oxygen atoms in total. The standard InChI is InChI=1S/C19H23NO/c1-5-20(18-11-15(3)10-16(4)12-18)19(21)13-17-8-6-14(2)7-9-17/h6-12H,5,13H2,1-4H3. The minimum absolute atomic E-state index is 0.145. The van der Waals surface area contributed by atoms with E-state index in [1.165, 1.54) is 16.7 Å². The minimum Gasteiger partial charge on any atom is -0.312 e. The Morgan fingerprint density at radius 3 is 2.00 bits per heavy atom. The first kappa shape index (κ1) is 15.3. The van der Waals surface area contributed by atoms with Crippen LogP contribution in [0.25, 0.3) is 0 Å². The molecule has 0 fully saturated rings. The molecule has 0 atom stereocenters. The summed E-state index contributed by atoms with van der Waals surface area (Å²) in [5.74, 6) is 0.145. The second kappa shape index (κ2) is 6.57. The highest BCUT2D eigenvalue weighted by Gasteiger charge is 2.15. The smallest absolute Gasteiger partial charge is 0.231 e. The van der Waals surface area contributed by atoms with Gasteiger partial charge in [0, 0.05) is 12.2 Å². The van der Waals surface area contributed by atoms with Gasteiger partial charge in [-0.25, -0.2) is 0 Å². The lowest BCUT2D eigenvalue weighted by Crippen LogP contribution is -2.32. The fourth-order valence-corrected chi connectivity index (χ4v) is 2.59. The quantitative estimate of drug-likeness (QED) is 0.822. The lowest BCUT2D eigenvalue weighted by Gasteiger charge is -2.22. The third-order valence-corrected chi connectivity index (χ3v) is 3.61. The van der Waals surface area contributed by atoms with Crippen molar-refractivity contribution in [1.29, 1.82) is 0 Å². The summed E-state index contributed by atoms with van der Waals surface area (Å²) in [5.41, 5.74) is 5.64. The number of aryl methyl sites for hydroxylation is 3. The zero-order chi connectivity index (χ0) is 15.4. The van der Waals surface area contributed by atoms with Crippen molar-refractivity contribution in [2.75, 3.05) is 11.4 Å². The Bertz CT molecular complexity index is 608. The van der Waals surface area contributed by atoms with E-state index in [0.717, 1.165) is 11.3 Å². The second-order valence-corrected chi connectivity index (χ2v) is 5.65. The molecule has 21 heavy (non-hydrogen) atoms. The summed E-state index contributed by atoms with van der Waals surface area (Å²) < 4.78 is 0. The molecule has 110 valence electrons. The number of hydrogen-bond acceptors (Lipinski definition) is 1. The summed E-state index contributed by atoms with van der Waals surface area (Å²) in [6.07, 6.45) is 0.446. The molecule has 0 N–H and O–H groups in total. The van der Waals surface area contributed by atoms with Gasteiger partial charge in [-0.3, -0.25) is 4.79 Å². The molecule has 2 rings (SSSR count). The van der Waals surface area contributed by atoms with Gasteiger partial charge in [-0.2, -0.15) is 0 Å². The Morgan fingerprint density at radius 1 is 0.905 bits per heavy atom. The molecule has 0 heterocycles. The molecule has 0 saturated carbocycles. The molecule has 0 saturated heterocycles. The first-order chi connectivity index (χ1) is 9.99. The van der Waals surface area contributed by atoms with Gasteiger partial charge in [0.05, 0.1) is 6.42 Å². The van der Waals surface area contributed by atoms with Crippen molar-refractivity contribution in [3.8, 4) is 0 Å². The molecule has 2 aromatic carbocycles. The summed E-state index contributed by atoms with van der Waals surface area (Å²) >= 11 is 0. The van der Waals surface area contributed by atoms with E-state index in [4.69, 9.17) is 0 Å². The number of benzene rings is 2. The van der Waals surface area contributed by atoms with Crippen molar-refractivity contribution in [2.24, 2.45) is 0 Å². The number of rotatable bonds is 4. The SMILES string of the molecule is CCN(C(=O)Cc1ccc(C)cc1)c1cc(C)cc(C)c1. The van der Waals surface area contributed by atoms with E-state index in [1.54, 1.807) is 0 Å². The van der Waals surface area contributed by atoms with Crippen LogP contribution in [0.4, 0.5) is 5.69 Å². The number of carbonyl (C=O) groups is 1. The lowest BCUT2D eigenvalue weighted by molar-refractivity contribution is -0.117. The Kier molecular flexibility index (Phi) is 4.79. The highest BCUT2D eigenvalue weighted by molar-refractivity contribution is 5.94. The van der Waals surface area contributed by atoms with Gasteiger partial charge in [0.2, 0.25) is 5.91 Å². The predicted octanol–water partition coefficient (Wildman–Crippen LogP) is 4.21. The van der Waals surface area contributed by atoms with Gasteiger partial charge < -0.3 is 4.90 Å². The molecule has 0 spiro atoms. The van der Waals surface area contributed by atoms with E-state index in [2.05, 4.69) is 51.1 Å².